The van der Waals surface area contributed by atoms with Crippen LogP contribution in [0.4, 0.5) is 0 Å². The Hall–Kier alpha value is -1.89. The van der Waals surface area contributed by atoms with Gasteiger partial charge in [0.05, 0.1) is 11.8 Å². The van der Waals surface area contributed by atoms with Crippen LogP contribution in [0.5, 0.6) is 0 Å². The number of amides is 1. The number of hydrogen-bond acceptors (Lipinski definition) is 4. The average molecular weight is 185 g/mol. The zero-order valence-electron chi connectivity index (χ0n) is 6.48. The number of carboxylic acid groups (broad SMARTS) is 1. The highest BCUT2D eigenvalue weighted by molar-refractivity contribution is 5.92. The van der Waals surface area contributed by atoms with Crippen LogP contribution >= 0.6 is 0 Å². The van der Waals surface area contributed by atoms with Crippen molar-refractivity contribution in [3.8, 4) is 0 Å². The van der Waals surface area contributed by atoms with Crippen LogP contribution in [0, 0.1) is 0 Å². The van der Waals surface area contributed by atoms with Gasteiger partial charge in [0.1, 0.15) is 0 Å². The van der Waals surface area contributed by atoms with E-state index in [2.05, 4.69) is 15.0 Å². The van der Waals surface area contributed by atoms with Gasteiger partial charge in [0.15, 0.2) is 6.61 Å². The first-order chi connectivity index (χ1) is 6.20. The summed E-state index contributed by atoms with van der Waals surface area (Å²) in [5.41, 5.74) is 2.21. The Bertz CT molecular complexity index is 295. The lowest BCUT2D eigenvalue weighted by Gasteiger charge is -2.00. The van der Waals surface area contributed by atoms with Crippen LogP contribution in [0.25, 0.3) is 0 Å². The minimum Gasteiger partial charge on any atom is -0.479 e. The Balaban J connectivity index is 2.31. The molecule has 1 heterocycles. The molecule has 7 heteroatoms. The molecule has 0 unspecified atom stereocenters. The first kappa shape index (κ1) is 9.20. The van der Waals surface area contributed by atoms with Gasteiger partial charge < -0.3 is 5.11 Å². The molecule has 3 N–H and O–H groups in total. The molecule has 0 aromatic carbocycles. The summed E-state index contributed by atoms with van der Waals surface area (Å²) in [5, 5.41) is 14.1. The van der Waals surface area contributed by atoms with E-state index in [4.69, 9.17) is 5.11 Å². The Kier molecular flexibility index (Phi) is 2.98. The smallest absolute Gasteiger partial charge is 0.332 e. The summed E-state index contributed by atoms with van der Waals surface area (Å²) < 4.78 is 0. The van der Waals surface area contributed by atoms with E-state index in [1.54, 1.807) is 0 Å². The molecule has 0 saturated carbocycles. The molecule has 1 amide bonds. The standard InChI is InChI=1S/C6H7N3O4/c10-5(11)3-13-9-6(12)4-1-7-8-2-4/h1-2H,3H2,(H,7,8)(H,9,12)(H,10,11). The minimum absolute atomic E-state index is 0.269. The number of nitrogens with zero attached hydrogens (tertiary/aromatic N) is 1. The number of carbonyl (C=O) groups excluding carboxylic acids is 1. The summed E-state index contributed by atoms with van der Waals surface area (Å²) in [6.45, 7) is -0.580. The van der Waals surface area contributed by atoms with Crippen molar-refractivity contribution in [3.63, 3.8) is 0 Å². The monoisotopic (exact) mass is 185 g/mol. The maximum Gasteiger partial charge on any atom is 0.332 e. The van der Waals surface area contributed by atoms with Crippen molar-refractivity contribution in [2.75, 3.05) is 6.61 Å². The van der Waals surface area contributed by atoms with E-state index in [1.165, 1.54) is 12.4 Å². The zero-order chi connectivity index (χ0) is 9.68. The van der Waals surface area contributed by atoms with Gasteiger partial charge in [-0.2, -0.15) is 5.10 Å². The lowest BCUT2D eigenvalue weighted by atomic mass is 10.4. The van der Waals surface area contributed by atoms with E-state index in [-0.39, 0.29) is 5.56 Å². The molecule has 0 spiro atoms. The molecule has 70 valence electrons. The molecule has 0 fully saturated rings. The van der Waals surface area contributed by atoms with Crippen molar-refractivity contribution < 1.29 is 19.5 Å². The number of rotatable bonds is 4. The van der Waals surface area contributed by atoms with Crippen molar-refractivity contribution in [2.24, 2.45) is 0 Å². The third kappa shape index (κ3) is 2.91. The topological polar surface area (TPSA) is 104 Å². The van der Waals surface area contributed by atoms with E-state index in [1.807, 2.05) is 5.48 Å². The number of carbonyl (C=O) groups is 2. The molecular formula is C6H7N3O4. The SMILES string of the molecule is O=C(O)CONC(=O)c1cn[nH]c1. The Morgan fingerprint density at radius 1 is 1.69 bits per heavy atom. The second-order valence-electron chi connectivity index (χ2n) is 2.10. The largest absolute Gasteiger partial charge is 0.479 e. The fourth-order valence-corrected chi connectivity index (χ4v) is 0.597. The normalized spacial score (nSPS) is 9.54. The van der Waals surface area contributed by atoms with Gasteiger partial charge in [0.25, 0.3) is 5.91 Å². The Labute approximate surface area is 72.7 Å². The fourth-order valence-electron chi connectivity index (χ4n) is 0.597. The van der Waals surface area contributed by atoms with Crippen molar-refractivity contribution in [1.29, 1.82) is 0 Å². The van der Waals surface area contributed by atoms with Gasteiger partial charge in [-0.15, -0.1) is 0 Å². The van der Waals surface area contributed by atoms with Crippen molar-refractivity contribution in [3.05, 3.63) is 18.0 Å². The number of H-pyrrole nitrogens is 1. The van der Waals surface area contributed by atoms with Gasteiger partial charge in [0.2, 0.25) is 0 Å². The van der Waals surface area contributed by atoms with Gasteiger partial charge in [-0.3, -0.25) is 14.7 Å². The third-order valence-electron chi connectivity index (χ3n) is 1.12. The molecule has 0 bridgehead atoms. The maximum atomic E-state index is 11.0. The molecule has 0 aliphatic rings. The lowest BCUT2D eigenvalue weighted by molar-refractivity contribution is -0.144. The number of aromatic nitrogens is 2. The summed E-state index contributed by atoms with van der Waals surface area (Å²) in [6, 6.07) is 0. The predicted octanol–water partition coefficient (Wildman–Crippen LogP) is -0.844. The van der Waals surface area contributed by atoms with Crippen LogP contribution in [-0.4, -0.2) is 33.8 Å². The van der Waals surface area contributed by atoms with Gasteiger partial charge in [-0.05, 0) is 0 Å². The second-order valence-corrected chi connectivity index (χ2v) is 2.10. The summed E-state index contributed by atoms with van der Waals surface area (Å²) in [5.74, 6) is -1.71. The van der Waals surface area contributed by atoms with E-state index in [0.717, 1.165) is 0 Å². The molecule has 0 atom stereocenters. The highest BCUT2D eigenvalue weighted by atomic mass is 16.7. The number of aromatic amines is 1. The highest BCUT2D eigenvalue weighted by Gasteiger charge is 2.06. The molecule has 0 aliphatic carbocycles. The summed E-state index contributed by atoms with van der Waals surface area (Å²) in [4.78, 5) is 25.3. The Morgan fingerprint density at radius 2 is 2.46 bits per heavy atom. The first-order valence-electron chi connectivity index (χ1n) is 3.33. The summed E-state index contributed by atoms with van der Waals surface area (Å²) >= 11 is 0. The summed E-state index contributed by atoms with van der Waals surface area (Å²) in [7, 11) is 0. The summed E-state index contributed by atoms with van der Waals surface area (Å²) in [6.07, 6.45) is 2.65. The van der Waals surface area contributed by atoms with Gasteiger partial charge in [-0.25, -0.2) is 10.3 Å². The lowest BCUT2D eigenvalue weighted by Crippen LogP contribution is -2.26. The third-order valence-corrected chi connectivity index (χ3v) is 1.12. The van der Waals surface area contributed by atoms with Crippen LogP contribution in [0.15, 0.2) is 12.4 Å². The molecule has 1 rings (SSSR count). The fraction of sp³-hybridized carbons (Fsp3) is 0.167. The molecule has 0 aliphatic heterocycles. The van der Waals surface area contributed by atoms with Gasteiger partial charge >= 0.3 is 5.97 Å². The molecule has 1 aromatic rings. The molecule has 0 radical (unpaired) electrons. The minimum atomic E-state index is -1.16. The van der Waals surface area contributed by atoms with E-state index in [9.17, 15) is 9.59 Å². The van der Waals surface area contributed by atoms with Crippen LogP contribution < -0.4 is 5.48 Å². The van der Waals surface area contributed by atoms with Crippen LogP contribution in [0.3, 0.4) is 0 Å². The van der Waals surface area contributed by atoms with E-state index in [0.29, 0.717) is 0 Å². The molecule has 7 nitrogen and oxygen atoms in total. The predicted molar refractivity (Wildman–Crippen MR) is 39.6 cm³/mol. The quantitative estimate of drug-likeness (QED) is 0.530. The zero-order valence-corrected chi connectivity index (χ0v) is 6.48. The Morgan fingerprint density at radius 3 is 3.00 bits per heavy atom. The molecular weight excluding hydrogens is 178 g/mol. The van der Waals surface area contributed by atoms with Crippen molar-refractivity contribution in [2.45, 2.75) is 0 Å². The molecule has 0 saturated heterocycles. The van der Waals surface area contributed by atoms with Gasteiger partial charge in [-0.1, -0.05) is 0 Å². The van der Waals surface area contributed by atoms with E-state index < -0.39 is 18.5 Å². The van der Waals surface area contributed by atoms with Crippen molar-refractivity contribution in [1.82, 2.24) is 15.7 Å². The van der Waals surface area contributed by atoms with E-state index >= 15 is 0 Å². The molecule has 13 heavy (non-hydrogen) atoms. The number of aliphatic carboxylic acids is 1. The van der Waals surface area contributed by atoms with Crippen molar-refractivity contribution >= 4 is 11.9 Å². The number of hydrogen-bond donors (Lipinski definition) is 3. The molecule has 1 aromatic heterocycles. The number of nitrogens with one attached hydrogen (secondary N) is 2. The number of hydroxylamine groups is 1. The first-order valence-corrected chi connectivity index (χ1v) is 3.33. The second kappa shape index (κ2) is 4.21. The van der Waals surface area contributed by atoms with Crippen LogP contribution in [0.2, 0.25) is 0 Å². The van der Waals surface area contributed by atoms with Gasteiger partial charge in [0, 0.05) is 6.20 Å². The van der Waals surface area contributed by atoms with Crippen LogP contribution in [0.1, 0.15) is 10.4 Å². The average Bonchev–Trinajstić information content (AvgIpc) is 2.55. The maximum absolute atomic E-state index is 11.0. The number of carboxylic acids is 1. The van der Waals surface area contributed by atoms with Crippen LogP contribution in [-0.2, 0) is 9.63 Å². The highest BCUT2D eigenvalue weighted by Crippen LogP contribution is 1.92.